The fraction of sp³-hybridized carbons (Fsp3) is 0.762. The molecule has 0 spiro atoms. The minimum Gasteiger partial charge on any atom is -0.465 e. The molecule has 1 aromatic rings. The number of carbonyl (C=O) groups excluding carboxylic acids is 2. The van der Waals surface area contributed by atoms with Gasteiger partial charge in [0.2, 0.25) is 0 Å². The maximum Gasteiger partial charge on any atom is 0.337 e. The van der Waals surface area contributed by atoms with Crippen LogP contribution in [0.1, 0.15) is 108 Å². The third-order valence-electron chi connectivity index (χ3n) is 16.5. The lowest BCUT2D eigenvalue weighted by Gasteiger charge is -2.72. The van der Waals surface area contributed by atoms with Crippen LogP contribution in [0, 0.1) is 45.3 Å². The van der Waals surface area contributed by atoms with Crippen molar-refractivity contribution in [3.05, 3.63) is 41.5 Å². The van der Waals surface area contributed by atoms with Crippen molar-refractivity contribution in [2.24, 2.45) is 45.3 Å². The molecule has 7 rings (SSSR count). The first-order chi connectivity index (χ1) is 24.5. The highest BCUT2D eigenvalue weighted by Crippen LogP contribution is 2.76. The van der Waals surface area contributed by atoms with E-state index >= 15 is 0 Å². The molecule has 1 aliphatic heterocycles. The second-order valence-corrected chi connectivity index (χ2v) is 21.1. The minimum atomic E-state index is -2.90. The Balaban J connectivity index is 1.15. The highest BCUT2D eigenvalue weighted by Gasteiger charge is 2.70. The number of sulfone groups is 1. The van der Waals surface area contributed by atoms with Gasteiger partial charge in [-0.2, -0.15) is 0 Å². The summed E-state index contributed by atoms with van der Waals surface area (Å²) in [6.45, 7) is 15.8. The molecule has 5 aliphatic carbocycles. The summed E-state index contributed by atoms with van der Waals surface area (Å²) < 4.78 is 29.1. The number of methoxy groups -OCH3 is 1. The summed E-state index contributed by atoms with van der Waals surface area (Å²) in [4.78, 5) is 27.3. The van der Waals surface area contributed by atoms with E-state index in [0.29, 0.717) is 42.3 Å². The Kier molecular flexibility index (Phi) is 9.76. The van der Waals surface area contributed by atoms with Crippen molar-refractivity contribution in [2.75, 3.05) is 51.8 Å². The molecular weight excluding hydrogens is 673 g/mol. The van der Waals surface area contributed by atoms with Crippen molar-refractivity contribution in [3.63, 3.8) is 0 Å². The molecule has 1 saturated heterocycles. The number of esters is 1. The van der Waals surface area contributed by atoms with E-state index in [0.717, 1.165) is 38.8 Å². The van der Waals surface area contributed by atoms with Crippen LogP contribution in [0.25, 0.3) is 5.57 Å². The van der Waals surface area contributed by atoms with Crippen LogP contribution < -0.4 is 16.0 Å². The maximum atomic E-state index is 12.9. The Bertz CT molecular complexity index is 1680. The Morgan fingerprint density at radius 3 is 2.27 bits per heavy atom. The lowest BCUT2D eigenvalue weighted by Crippen LogP contribution is -2.69. The van der Waals surface area contributed by atoms with Crippen LogP contribution in [0.5, 0.6) is 0 Å². The SMILES string of the molecule is CNC(=O)N[C@@H]1CC[C@]2(NCCN3CCS(=O)(=O)CC3)CC[C@]3(C)[C@H](CC[C@@H]4[C@@]5(C)CC=C(c6ccc(C(=O)OC)cc6)C(C)(C)[C@@H]5CC[C@]43C)[C@@H]12. The first-order valence-corrected chi connectivity index (χ1v) is 21.9. The van der Waals surface area contributed by atoms with Crippen LogP contribution in [0.3, 0.4) is 0 Å². The first-order valence-electron chi connectivity index (χ1n) is 20.1. The molecule has 2 amide bonds. The van der Waals surface area contributed by atoms with Gasteiger partial charge in [0.05, 0.1) is 24.2 Å². The number of allylic oxidation sites excluding steroid dienone is 2. The summed E-state index contributed by atoms with van der Waals surface area (Å²) in [5.41, 5.74) is 3.72. The van der Waals surface area contributed by atoms with E-state index in [1.165, 1.54) is 50.4 Å². The molecule has 52 heavy (non-hydrogen) atoms. The number of rotatable bonds is 7. The van der Waals surface area contributed by atoms with Crippen LogP contribution >= 0.6 is 0 Å². The van der Waals surface area contributed by atoms with Crippen molar-refractivity contribution in [3.8, 4) is 0 Å². The number of hydrogen-bond acceptors (Lipinski definition) is 7. The zero-order valence-electron chi connectivity index (χ0n) is 32.8. The zero-order chi connectivity index (χ0) is 37.3. The summed E-state index contributed by atoms with van der Waals surface area (Å²) in [5, 5.41) is 10.4. The van der Waals surface area contributed by atoms with Gasteiger partial charge in [0.25, 0.3) is 0 Å². The van der Waals surface area contributed by atoms with E-state index in [1.807, 2.05) is 12.1 Å². The summed E-state index contributed by atoms with van der Waals surface area (Å²) in [6.07, 6.45) is 12.8. The molecular formula is C42H64N4O5S. The van der Waals surface area contributed by atoms with E-state index in [9.17, 15) is 18.0 Å². The van der Waals surface area contributed by atoms with Crippen molar-refractivity contribution in [2.45, 2.75) is 104 Å². The second kappa shape index (κ2) is 13.4. The molecule has 10 heteroatoms. The smallest absolute Gasteiger partial charge is 0.337 e. The van der Waals surface area contributed by atoms with Gasteiger partial charge in [-0.3, -0.25) is 0 Å². The molecule has 9 atom stereocenters. The summed E-state index contributed by atoms with van der Waals surface area (Å²) in [5.74, 6) is 2.26. The van der Waals surface area contributed by atoms with Crippen molar-refractivity contribution in [1.29, 1.82) is 0 Å². The van der Waals surface area contributed by atoms with Crippen LogP contribution in [-0.2, 0) is 14.6 Å². The normalized spacial score (nSPS) is 40.6. The van der Waals surface area contributed by atoms with Gasteiger partial charge in [0.1, 0.15) is 0 Å². The number of hydrogen-bond donors (Lipinski definition) is 3. The molecule has 0 radical (unpaired) electrons. The van der Waals surface area contributed by atoms with E-state index in [-0.39, 0.29) is 56.7 Å². The lowest BCUT2D eigenvalue weighted by atomic mass is 9.33. The molecule has 4 saturated carbocycles. The third-order valence-corrected chi connectivity index (χ3v) is 18.1. The van der Waals surface area contributed by atoms with Gasteiger partial charge in [0.15, 0.2) is 9.84 Å². The standard InChI is InChI=1S/C42H64N4O5S/c1-38(2)30(28-8-10-29(11-9-28)36(47)51-7)14-17-39(3)33(38)16-18-41(5)34(39)13-12-31-35-32(45-37(48)43-6)15-19-42(35,21-20-40(31,41)4)44-22-23-46-24-26-52(49,50)27-25-46/h8-11,14,31-35,44H,12-13,15-27H2,1-7H3,(H2,43,45,48)/t31-,32-,33+,34-,35+,39+,40-,41-,42+/m1/s1. The molecule has 1 heterocycles. The van der Waals surface area contributed by atoms with Crippen molar-refractivity contribution >= 4 is 27.4 Å². The number of fused-ring (bicyclic) bond motifs is 7. The minimum absolute atomic E-state index is 0.00295. The number of nitrogens with zero attached hydrogens (tertiary/aromatic N) is 1. The average Bonchev–Trinajstić information content (AvgIpc) is 3.46. The van der Waals surface area contributed by atoms with Gasteiger partial charge < -0.3 is 25.6 Å². The summed E-state index contributed by atoms with van der Waals surface area (Å²) in [7, 11) is 0.248. The second-order valence-electron chi connectivity index (χ2n) is 18.8. The molecule has 5 fully saturated rings. The van der Waals surface area contributed by atoms with Crippen LogP contribution in [0.15, 0.2) is 30.3 Å². The fourth-order valence-corrected chi connectivity index (χ4v) is 15.0. The fourth-order valence-electron chi connectivity index (χ4n) is 13.7. The van der Waals surface area contributed by atoms with Crippen molar-refractivity contribution in [1.82, 2.24) is 20.9 Å². The van der Waals surface area contributed by atoms with Gasteiger partial charge in [-0.1, -0.05) is 52.8 Å². The highest BCUT2D eigenvalue weighted by atomic mass is 32.2. The van der Waals surface area contributed by atoms with Crippen LogP contribution in [-0.4, -0.2) is 88.7 Å². The largest absolute Gasteiger partial charge is 0.465 e. The van der Waals surface area contributed by atoms with Gasteiger partial charge in [-0.05, 0) is 120 Å². The molecule has 9 nitrogen and oxygen atoms in total. The van der Waals surface area contributed by atoms with E-state index in [2.05, 4.69) is 73.7 Å². The first kappa shape index (κ1) is 37.9. The number of amides is 2. The van der Waals surface area contributed by atoms with Crippen LogP contribution in [0.2, 0.25) is 0 Å². The maximum absolute atomic E-state index is 12.9. The van der Waals surface area contributed by atoms with Gasteiger partial charge in [0, 0.05) is 50.7 Å². The molecule has 0 unspecified atom stereocenters. The molecule has 3 N–H and O–H groups in total. The van der Waals surface area contributed by atoms with E-state index < -0.39 is 9.84 Å². The highest BCUT2D eigenvalue weighted by molar-refractivity contribution is 7.91. The number of nitrogens with one attached hydrogen (secondary N) is 3. The molecule has 0 bridgehead atoms. The van der Waals surface area contributed by atoms with E-state index in [1.54, 1.807) is 7.05 Å². The Morgan fingerprint density at radius 2 is 1.60 bits per heavy atom. The monoisotopic (exact) mass is 736 g/mol. The summed E-state index contributed by atoms with van der Waals surface area (Å²) >= 11 is 0. The molecule has 288 valence electrons. The topological polar surface area (TPSA) is 117 Å². The quantitative estimate of drug-likeness (QED) is 0.282. The Morgan fingerprint density at radius 1 is 0.885 bits per heavy atom. The van der Waals surface area contributed by atoms with Gasteiger partial charge in [-0.15, -0.1) is 0 Å². The van der Waals surface area contributed by atoms with Gasteiger partial charge >= 0.3 is 12.0 Å². The van der Waals surface area contributed by atoms with E-state index in [4.69, 9.17) is 4.74 Å². The molecule has 6 aliphatic rings. The summed E-state index contributed by atoms with van der Waals surface area (Å²) in [6, 6.07) is 8.06. The Labute approximate surface area is 312 Å². The Hall–Kier alpha value is -2.43. The number of ether oxygens (including phenoxy) is 1. The number of carbonyl (C=O) groups is 2. The molecule has 0 aromatic heterocycles. The molecule has 1 aromatic carbocycles. The lowest BCUT2D eigenvalue weighted by molar-refractivity contribution is -0.218. The zero-order valence-corrected chi connectivity index (χ0v) is 33.6. The number of benzene rings is 1. The third kappa shape index (κ3) is 5.96. The number of urea groups is 1. The van der Waals surface area contributed by atoms with Crippen LogP contribution in [0.4, 0.5) is 4.79 Å². The predicted octanol–water partition coefficient (Wildman–Crippen LogP) is 6.30. The predicted molar refractivity (Wildman–Crippen MR) is 207 cm³/mol. The average molecular weight is 737 g/mol. The van der Waals surface area contributed by atoms with Crippen molar-refractivity contribution < 1.29 is 22.7 Å². The van der Waals surface area contributed by atoms with Gasteiger partial charge in [-0.25, -0.2) is 18.0 Å².